The molecule has 0 aliphatic carbocycles. The predicted octanol–water partition coefficient (Wildman–Crippen LogP) is 1.74. The lowest BCUT2D eigenvalue weighted by Gasteiger charge is -2.09. The molecule has 3 N–H and O–H groups in total. The fourth-order valence-electron chi connectivity index (χ4n) is 2.34. The Bertz CT molecular complexity index is 814. The summed E-state index contributed by atoms with van der Waals surface area (Å²) in [5.41, 5.74) is 1.48. The fourth-order valence-corrected chi connectivity index (χ4v) is 2.34. The van der Waals surface area contributed by atoms with E-state index in [2.05, 4.69) is 15.7 Å². The van der Waals surface area contributed by atoms with Gasteiger partial charge in [0.2, 0.25) is 11.8 Å². The highest BCUT2D eigenvalue weighted by molar-refractivity contribution is 5.85. The van der Waals surface area contributed by atoms with E-state index in [1.165, 1.54) is 10.7 Å². The number of amides is 2. The average Bonchev–Trinajstić information content (AvgIpc) is 3.14. The van der Waals surface area contributed by atoms with E-state index in [0.29, 0.717) is 24.6 Å². The summed E-state index contributed by atoms with van der Waals surface area (Å²) in [6.07, 6.45) is 2.76. The van der Waals surface area contributed by atoms with Crippen LogP contribution in [0.15, 0.2) is 36.5 Å². The first-order chi connectivity index (χ1) is 12.8. The summed E-state index contributed by atoms with van der Waals surface area (Å²) in [4.78, 5) is 34.4. The van der Waals surface area contributed by atoms with E-state index in [0.717, 1.165) is 12.0 Å². The summed E-state index contributed by atoms with van der Waals surface area (Å²) in [5, 5.41) is 18.3. The van der Waals surface area contributed by atoms with Gasteiger partial charge in [0.1, 0.15) is 0 Å². The quantitative estimate of drug-likeness (QED) is 0.620. The van der Waals surface area contributed by atoms with E-state index < -0.39 is 5.97 Å². The zero-order valence-corrected chi connectivity index (χ0v) is 15.4. The SMILES string of the molecule is CC(C)CCC(=O)NCC(=O)NCc1cccc(-n2ccc(C(=O)O)n2)c1. The van der Waals surface area contributed by atoms with Crippen LogP contribution in [-0.2, 0) is 16.1 Å². The van der Waals surface area contributed by atoms with Crippen molar-refractivity contribution >= 4 is 17.8 Å². The third kappa shape index (κ3) is 6.58. The number of benzene rings is 1. The van der Waals surface area contributed by atoms with Gasteiger partial charge in [0.15, 0.2) is 5.69 Å². The third-order valence-corrected chi connectivity index (χ3v) is 3.87. The molecule has 0 aliphatic heterocycles. The maximum Gasteiger partial charge on any atom is 0.356 e. The summed E-state index contributed by atoms with van der Waals surface area (Å²) in [5.74, 6) is -1.05. The molecule has 0 saturated carbocycles. The van der Waals surface area contributed by atoms with Crippen molar-refractivity contribution in [2.24, 2.45) is 5.92 Å². The molecular formula is C19H24N4O4. The second-order valence-electron chi connectivity index (χ2n) is 6.61. The molecule has 0 fully saturated rings. The summed E-state index contributed by atoms with van der Waals surface area (Å²) < 4.78 is 1.46. The Labute approximate surface area is 157 Å². The highest BCUT2D eigenvalue weighted by Crippen LogP contribution is 2.11. The van der Waals surface area contributed by atoms with Gasteiger partial charge in [-0.1, -0.05) is 26.0 Å². The monoisotopic (exact) mass is 372 g/mol. The van der Waals surface area contributed by atoms with Crippen molar-refractivity contribution < 1.29 is 19.5 Å². The molecule has 0 radical (unpaired) electrons. The van der Waals surface area contributed by atoms with Crippen molar-refractivity contribution in [1.29, 1.82) is 0 Å². The number of hydrogen-bond donors (Lipinski definition) is 3. The van der Waals surface area contributed by atoms with Crippen molar-refractivity contribution in [1.82, 2.24) is 20.4 Å². The van der Waals surface area contributed by atoms with Crippen LogP contribution in [0.1, 0.15) is 42.7 Å². The minimum absolute atomic E-state index is 0.0399. The maximum atomic E-state index is 11.9. The zero-order chi connectivity index (χ0) is 19.8. The van der Waals surface area contributed by atoms with Gasteiger partial charge in [-0.2, -0.15) is 5.10 Å². The zero-order valence-electron chi connectivity index (χ0n) is 15.4. The Kier molecular flexibility index (Phi) is 7.10. The molecule has 8 nitrogen and oxygen atoms in total. The van der Waals surface area contributed by atoms with Crippen LogP contribution in [0.4, 0.5) is 0 Å². The van der Waals surface area contributed by atoms with Gasteiger partial charge in [0, 0.05) is 19.2 Å². The second-order valence-corrected chi connectivity index (χ2v) is 6.61. The van der Waals surface area contributed by atoms with Crippen LogP contribution in [-0.4, -0.2) is 39.2 Å². The molecule has 1 aromatic heterocycles. The van der Waals surface area contributed by atoms with Gasteiger partial charge >= 0.3 is 5.97 Å². The van der Waals surface area contributed by atoms with Crippen LogP contribution < -0.4 is 10.6 Å². The number of carboxylic acid groups (broad SMARTS) is 1. The third-order valence-electron chi connectivity index (χ3n) is 3.87. The molecular weight excluding hydrogens is 348 g/mol. The fraction of sp³-hybridized carbons (Fsp3) is 0.368. The lowest BCUT2D eigenvalue weighted by atomic mass is 10.1. The lowest BCUT2D eigenvalue weighted by molar-refractivity contribution is -0.126. The largest absolute Gasteiger partial charge is 0.476 e. The van der Waals surface area contributed by atoms with Crippen LogP contribution >= 0.6 is 0 Å². The molecule has 1 heterocycles. The van der Waals surface area contributed by atoms with Crippen molar-refractivity contribution in [2.75, 3.05) is 6.54 Å². The Morgan fingerprint density at radius 1 is 1.15 bits per heavy atom. The highest BCUT2D eigenvalue weighted by atomic mass is 16.4. The Balaban J connectivity index is 1.84. The number of nitrogens with one attached hydrogen (secondary N) is 2. The van der Waals surface area contributed by atoms with Crippen LogP contribution in [0.5, 0.6) is 0 Å². The van der Waals surface area contributed by atoms with E-state index >= 15 is 0 Å². The summed E-state index contributed by atoms with van der Waals surface area (Å²) >= 11 is 0. The van der Waals surface area contributed by atoms with Gasteiger partial charge in [-0.3, -0.25) is 9.59 Å². The summed E-state index contributed by atoms with van der Waals surface area (Å²) in [6, 6.07) is 8.65. The van der Waals surface area contributed by atoms with Crippen LogP contribution in [0.3, 0.4) is 0 Å². The molecule has 0 spiro atoms. The number of rotatable bonds is 9. The number of carbonyl (C=O) groups is 3. The molecule has 0 unspecified atom stereocenters. The van der Waals surface area contributed by atoms with Gasteiger partial charge in [-0.05, 0) is 36.1 Å². The van der Waals surface area contributed by atoms with Gasteiger partial charge in [-0.25, -0.2) is 9.48 Å². The maximum absolute atomic E-state index is 11.9. The smallest absolute Gasteiger partial charge is 0.356 e. The Morgan fingerprint density at radius 3 is 2.59 bits per heavy atom. The van der Waals surface area contributed by atoms with Crippen LogP contribution in [0.2, 0.25) is 0 Å². The highest BCUT2D eigenvalue weighted by Gasteiger charge is 2.09. The minimum Gasteiger partial charge on any atom is -0.476 e. The molecule has 2 aromatic rings. The van der Waals surface area contributed by atoms with Crippen LogP contribution in [0, 0.1) is 5.92 Å². The molecule has 0 aliphatic rings. The van der Waals surface area contributed by atoms with Crippen molar-refractivity contribution in [2.45, 2.75) is 33.2 Å². The first kappa shape index (κ1) is 20.2. The molecule has 0 saturated heterocycles. The van der Waals surface area contributed by atoms with Crippen molar-refractivity contribution in [3.05, 3.63) is 47.8 Å². The van der Waals surface area contributed by atoms with E-state index in [1.807, 2.05) is 19.9 Å². The first-order valence-electron chi connectivity index (χ1n) is 8.77. The van der Waals surface area contributed by atoms with Gasteiger partial charge < -0.3 is 15.7 Å². The van der Waals surface area contributed by atoms with Gasteiger partial charge in [0.25, 0.3) is 0 Å². The molecule has 27 heavy (non-hydrogen) atoms. The number of nitrogens with zero attached hydrogens (tertiary/aromatic N) is 2. The molecule has 2 amide bonds. The molecule has 0 bridgehead atoms. The normalized spacial score (nSPS) is 10.6. The van der Waals surface area contributed by atoms with Gasteiger partial charge in [-0.15, -0.1) is 0 Å². The number of hydrogen-bond acceptors (Lipinski definition) is 4. The molecule has 2 rings (SSSR count). The number of carbonyl (C=O) groups excluding carboxylic acids is 2. The molecule has 0 atom stereocenters. The summed E-state index contributed by atoms with van der Waals surface area (Å²) in [7, 11) is 0. The Hall–Kier alpha value is -3.16. The van der Waals surface area contributed by atoms with E-state index in [1.54, 1.807) is 24.4 Å². The number of carboxylic acids is 1. The second kappa shape index (κ2) is 9.51. The average molecular weight is 372 g/mol. The predicted molar refractivity (Wildman–Crippen MR) is 99.5 cm³/mol. The lowest BCUT2D eigenvalue weighted by Crippen LogP contribution is -2.36. The van der Waals surface area contributed by atoms with E-state index in [4.69, 9.17) is 5.11 Å². The van der Waals surface area contributed by atoms with Crippen molar-refractivity contribution in [3.63, 3.8) is 0 Å². The van der Waals surface area contributed by atoms with E-state index in [-0.39, 0.29) is 24.1 Å². The minimum atomic E-state index is -1.09. The van der Waals surface area contributed by atoms with Gasteiger partial charge in [0.05, 0.1) is 12.2 Å². The molecule has 1 aromatic carbocycles. The Morgan fingerprint density at radius 2 is 1.93 bits per heavy atom. The van der Waals surface area contributed by atoms with Crippen molar-refractivity contribution in [3.8, 4) is 5.69 Å². The molecule has 144 valence electrons. The number of aromatic carboxylic acids is 1. The number of aromatic nitrogens is 2. The topological polar surface area (TPSA) is 113 Å². The standard InChI is InChI=1S/C19H24N4O4/c1-13(2)6-7-17(24)21-12-18(25)20-11-14-4-3-5-15(10-14)23-9-8-16(22-23)19(26)27/h3-5,8-10,13H,6-7,11-12H2,1-2H3,(H,20,25)(H,21,24)(H,26,27). The first-order valence-corrected chi connectivity index (χ1v) is 8.77. The van der Waals surface area contributed by atoms with E-state index in [9.17, 15) is 14.4 Å². The summed E-state index contributed by atoms with van der Waals surface area (Å²) in [6.45, 7) is 4.32. The molecule has 8 heteroatoms. The van der Waals surface area contributed by atoms with Crippen LogP contribution in [0.25, 0.3) is 5.69 Å².